The summed E-state index contributed by atoms with van der Waals surface area (Å²) in [6.45, 7) is 1.81. The van der Waals surface area contributed by atoms with E-state index >= 15 is 0 Å². The van der Waals surface area contributed by atoms with Crippen LogP contribution in [-0.4, -0.2) is 17.7 Å². The van der Waals surface area contributed by atoms with Gasteiger partial charge >= 0.3 is 0 Å². The molecular formula is C8H9BrO2S. The second-order valence-electron chi connectivity index (χ2n) is 2.30. The van der Waals surface area contributed by atoms with E-state index in [9.17, 15) is 4.79 Å². The molecule has 0 aromatic carbocycles. The van der Waals surface area contributed by atoms with Crippen molar-refractivity contribution < 1.29 is 9.53 Å². The van der Waals surface area contributed by atoms with Crippen LogP contribution < -0.4 is 4.74 Å². The molecule has 1 unspecified atom stereocenters. The van der Waals surface area contributed by atoms with Crippen LogP contribution in [0.5, 0.6) is 5.75 Å². The molecule has 66 valence electrons. The highest BCUT2D eigenvalue weighted by molar-refractivity contribution is 9.10. The summed E-state index contributed by atoms with van der Waals surface area (Å²) >= 11 is 4.63. The van der Waals surface area contributed by atoms with Gasteiger partial charge in [0.25, 0.3) is 0 Å². The number of rotatable bonds is 3. The molecule has 12 heavy (non-hydrogen) atoms. The Hall–Kier alpha value is -0.350. The van der Waals surface area contributed by atoms with Gasteiger partial charge in [-0.25, -0.2) is 0 Å². The molecule has 1 atom stereocenters. The monoisotopic (exact) mass is 248 g/mol. The van der Waals surface area contributed by atoms with Crippen molar-refractivity contribution in [1.82, 2.24) is 0 Å². The lowest BCUT2D eigenvalue weighted by Gasteiger charge is -2.02. The minimum absolute atomic E-state index is 0.0712. The van der Waals surface area contributed by atoms with Crippen molar-refractivity contribution in [3.8, 4) is 5.75 Å². The van der Waals surface area contributed by atoms with Crippen molar-refractivity contribution in [2.24, 2.45) is 0 Å². The number of thiophene rings is 1. The van der Waals surface area contributed by atoms with Crippen LogP contribution in [0.2, 0.25) is 0 Å². The largest absolute Gasteiger partial charge is 0.495 e. The maximum Gasteiger partial charge on any atom is 0.189 e. The SMILES string of the molecule is COc1ccsc1C(=O)C(C)Br. The van der Waals surface area contributed by atoms with E-state index in [1.54, 1.807) is 13.2 Å². The summed E-state index contributed by atoms with van der Waals surface area (Å²) in [5.74, 6) is 0.734. The number of halogens is 1. The lowest BCUT2D eigenvalue weighted by Crippen LogP contribution is -2.08. The maximum atomic E-state index is 11.5. The van der Waals surface area contributed by atoms with Gasteiger partial charge in [0.1, 0.15) is 10.6 Å². The topological polar surface area (TPSA) is 26.3 Å². The van der Waals surface area contributed by atoms with Crippen LogP contribution in [-0.2, 0) is 0 Å². The minimum Gasteiger partial charge on any atom is -0.495 e. The number of carbonyl (C=O) groups is 1. The summed E-state index contributed by atoms with van der Waals surface area (Å²) in [6.07, 6.45) is 0. The Labute approximate surface area is 83.7 Å². The maximum absolute atomic E-state index is 11.5. The summed E-state index contributed by atoms with van der Waals surface area (Å²) in [5.41, 5.74) is 0. The van der Waals surface area contributed by atoms with Gasteiger partial charge in [0.05, 0.1) is 11.9 Å². The molecule has 1 aromatic rings. The van der Waals surface area contributed by atoms with Crippen LogP contribution in [0.15, 0.2) is 11.4 Å². The first-order valence-electron chi connectivity index (χ1n) is 3.46. The first-order valence-corrected chi connectivity index (χ1v) is 5.26. The van der Waals surface area contributed by atoms with Gasteiger partial charge in [-0.2, -0.15) is 0 Å². The fraction of sp³-hybridized carbons (Fsp3) is 0.375. The van der Waals surface area contributed by atoms with Gasteiger partial charge in [-0.05, 0) is 18.4 Å². The third-order valence-corrected chi connectivity index (χ3v) is 2.76. The van der Waals surface area contributed by atoms with Crippen molar-refractivity contribution in [1.29, 1.82) is 0 Å². The summed E-state index contributed by atoms with van der Waals surface area (Å²) in [6, 6.07) is 1.80. The van der Waals surface area contributed by atoms with Gasteiger partial charge in [-0.3, -0.25) is 4.79 Å². The Morgan fingerprint density at radius 3 is 2.92 bits per heavy atom. The molecule has 1 rings (SSSR count). The van der Waals surface area contributed by atoms with E-state index in [-0.39, 0.29) is 10.6 Å². The molecule has 0 aliphatic rings. The van der Waals surface area contributed by atoms with Crippen LogP contribution in [0, 0.1) is 0 Å². The van der Waals surface area contributed by atoms with Crippen LogP contribution in [0.3, 0.4) is 0 Å². The average Bonchev–Trinajstić information content (AvgIpc) is 2.49. The van der Waals surface area contributed by atoms with Gasteiger partial charge in [0.15, 0.2) is 5.78 Å². The molecule has 4 heteroatoms. The molecule has 0 saturated heterocycles. The predicted molar refractivity (Wildman–Crippen MR) is 53.6 cm³/mol. The number of carbonyl (C=O) groups excluding carboxylic acids is 1. The first-order chi connectivity index (χ1) is 5.66. The van der Waals surface area contributed by atoms with Crippen molar-refractivity contribution in [3.05, 3.63) is 16.3 Å². The number of hydrogen-bond donors (Lipinski definition) is 0. The molecule has 0 aliphatic heterocycles. The molecule has 0 aliphatic carbocycles. The first kappa shape index (κ1) is 9.74. The number of hydrogen-bond acceptors (Lipinski definition) is 3. The molecule has 0 bridgehead atoms. The van der Waals surface area contributed by atoms with E-state index in [2.05, 4.69) is 15.9 Å². The molecule has 0 amide bonds. The predicted octanol–water partition coefficient (Wildman–Crippen LogP) is 2.72. The Balaban J connectivity index is 2.94. The number of ether oxygens (including phenoxy) is 1. The average molecular weight is 249 g/mol. The van der Waals surface area contributed by atoms with E-state index in [4.69, 9.17) is 4.74 Å². The molecule has 0 N–H and O–H groups in total. The van der Waals surface area contributed by atoms with E-state index in [1.165, 1.54) is 11.3 Å². The van der Waals surface area contributed by atoms with Gasteiger partial charge in [0, 0.05) is 0 Å². The van der Waals surface area contributed by atoms with Gasteiger partial charge in [-0.15, -0.1) is 11.3 Å². The molecule has 0 saturated carbocycles. The van der Waals surface area contributed by atoms with E-state index in [1.807, 2.05) is 12.3 Å². The normalized spacial score (nSPS) is 12.6. The Bertz CT molecular complexity index is 280. The third kappa shape index (κ3) is 1.87. The third-order valence-electron chi connectivity index (χ3n) is 1.43. The second-order valence-corrected chi connectivity index (χ2v) is 4.59. The molecule has 2 nitrogen and oxygen atoms in total. The molecular weight excluding hydrogens is 240 g/mol. The zero-order valence-electron chi connectivity index (χ0n) is 6.83. The van der Waals surface area contributed by atoms with Gasteiger partial charge in [0.2, 0.25) is 0 Å². The van der Waals surface area contributed by atoms with E-state index < -0.39 is 0 Å². The second kappa shape index (κ2) is 4.05. The minimum atomic E-state index is -0.148. The molecule has 0 spiro atoms. The highest BCUT2D eigenvalue weighted by Crippen LogP contribution is 2.26. The zero-order valence-corrected chi connectivity index (χ0v) is 9.24. The van der Waals surface area contributed by atoms with Crippen LogP contribution in [0.4, 0.5) is 0 Å². The number of alkyl halides is 1. The Kier molecular flexibility index (Phi) is 3.29. The van der Waals surface area contributed by atoms with E-state index in [0.29, 0.717) is 10.6 Å². The summed E-state index contributed by atoms with van der Waals surface area (Å²) < 4.78 is 5.03. The smallest absolute Gasteiger partial charge is 0.189 e. The van der Waals surface area contributed by atoms with Crippen LogP contribution in [0.1, 0.15) is 16.6 Å². The fourth-order valence-corrected chi connectivity index (χ4v) is 2.09. The quantitative estimate of drug-likeness (QED) is 0.608. The lowest BCUT2D eigenvalue weighted by atomic mass is 10.2. The highest BCUT2D eigenvalue weighted by atomic mass is 79.9. The number of ketones is 1. The zero-order chi connectivity index (χ0) is 9.14. The standard InChI is InChI=1S/C8H9BrO2S/c1-5(9)7(10)8-6(11-2)3-4-12-8/h3-5H,1-2H3. The van der Waals surface area contributed by atoms with Gasteiger partial charge in [-0.1, -0.05) is 15.9 Å². The van der Waals surface area contributed by atoms with E-state index in [0.717, 1.165) is 0 Å². The highest BCUT2D eigenvalue weighted by Gasteiger charge is 2.17. The van der Waals surface area contributed by atoms with Crippen molar-refractivity contribution in [2.45, 2.75) is 11.8 Å². The van der Waals surface area contributed by atoms with Crippen molar-refractivity contribution in [2.75, 3.05) is 7.11 Å². The number of Topliss-reactive ketones (excluding diaryl/α,β-unsaturated/α-hetero) is 1. The van der Waals surface area contributed by atoms with Gasteiger partial charge < -0.3 is 4.74 Å². The van der Waals surface area contributed by atoms with Crippen molar-refractivity contribution in [3.63, 3.8) is 0 Å². The summed E-state index contributed by atoms with van der Waals surface area (Å²) in [4.78, 5) is 12.0. The Morgan fingerprint density at radius 2 is 2.42 bits per heavy atom. The molecule has 0 fully saturated rings. The van der Waals surface area contributed by atoms with Crippen LogP contribution >= 0.6 is 27.3 Å². The van der Waals surface area contributed by atoms with Crippen LogP contribution in [0.25, 0.3) is 0 Å². The number of methoxy groups -OCH3 is 1. The van der Waals surface area contributed by atoms with Crippen molar-refractivity contribution >= 4 is 33.0 Å². The molecule has 1 heterocycles. The summed E-state index contributed by atoms with van der Waals surface area (Å²) in [5, 5.41) is 1.85. The fourth-order valence-electron chi connectivity index (χ4n) is 0.819. The summed E-state index contributed by atoms with van der Waals surface area (Å²) in [7, 11) is 1.57. The lowest BCUT2D eigenvalue weighted by molar-refractivity contribution is 0.0997. The molecule has 1 aromatic heterocycles. The molecule has 0 radical (unpaired) electrons. The Morgan fingerprint density at radius 1 is 1.75 bits per heavy atom.